The second-order valence-corrected chi connectivity index (χ2v) is 6.25. The van der Waals surface area contributed by atoms with Gasteiger partial charge in [0.15, 0.2) is 0 Å². The number of thiophene rings is 1. The molecule has 0 unspecified atom stereocenters. The summed E-state index contributed by atoms with van der Waals surface area (Å²) in [5.74, 6) is 0.925. The number of hydrogen-bond acceptors (Lipinski definition) is 3. The Morgan fingerprint density at radius 2 is 2.17 bits per heavy atom. The molecule has 0 aliphatic heterocycles. The zero-order valence-electron chi connectivity index (χ0n) is 10.3. The van der Waals surface area contributed by atoms with Crippen LogP contribution < -0.4 is 10.1 Å². The highest BCUT2D eigenvalue weighted by molar-refractivity contribution is 9.11. The quantitative estimate of drug-likeness (QED) is 0.814. The first-order valence-corrected chi connectivity index (χ1v) is 7.65. The van der Waals surface area contributed by atoms with Gasteiger partial charge in [-0.3, -0.25) is 0 Å². The molecule has 0 saturated heterocycles. The summed E-state index contributed by atoms with van der Waals surface area (Å²) in [7, 11) is 0. The number of para-hydroxylation sites is 2. The van der Waals surface area contributed by atoms with E-state index in [-0.39, 0.29) is 0 Å². The van der Waals surface area contributed by atoms with E-state index in [1.807, 2.05) is 24.3 Å². The molecule has 0 radical (unpaired) electrons. The highest BCUT2D eigenvalue weighted by Gasteiger charge is 2.03. The first-order chi connectivity index (χ1) is 8.79. The van der Waals surface area contributed by atoms with E-state index in [4.69, 9.17) is 4.74 Å². The first-order valence-electron chi connectivity index (χ1n) is 5.98. The lowest BCUT2D eigenvalue weighted by Gasteiger charge is -2.12. The molecular weight excluding hydrogens is 310 g/mol. The van der Waals surface area contributed by atoms with Crippen LogP contribution in [0.15, 0.2) is 39.5 Å². The number of ether oxygens (including phenoxy) is 1. The van der Waals surface area contributed by atoms with Gasteiger partial charge in [0.1, 0.15) is 5.75 Å². The van der Waals surface area contributed by atoms with Crippen molar-refractivity contribution in [3.8, 4) is 5.75 Å². The van der Waals surface area contributed by atoms with Crippen molar-refractivity contribution < 1.29 is 4.74 Å². The monoisotopic (exact) mass is 325 g/mol. The molecule has 4 heteroatoms. The van der Waals surface area contributed by atoms with Crippen LogP contribution in [0.2, 0.25) is 0 Å². The van der Waals surface area contributed by atoms with Gasteiger partial charge in [-0.15, -0.1) is 11.3 Å². The third-order valence-corrected chi connectivity index (χ3v) is 4.01. The molecule has 1 aromatic carbocycles. The van der Waals surface area contributed by atoms with Gasteiger partial charge in [-0.2, -0.15) is 0 Å². The Kier molecular flexibility index (Phi) is 5.08. The molecule has 0 spiro atoms. The van der Waals surface area contributed by atoms with Crippen LogP contribution in [0.25, 0.3) is 0 Å². The van der Waals surface area contributed by atoms with Crippen molar-refractivity contribution in [2.45, 2.75) is 19.9 Å². The van der Waals surface area contributed by atoms with E-state index in [0.29, 0.717) is 0 Å². The molecule has 0 aliphatic carbocycles. The Morgan fingerprint density at radius 3 is 2.89 bits per heavy atom. The summed E-state index contributed by atoms with van der Waals surface area (Å²) < 4.78 is 6.87. The molecule has 0 aliphatic rings. The normalized spacial score (nSPS) is 10.3. The minimum absolute atomic E-state index is 0.753. The van der Waals surface area contributed by atoms with E-state index in [2.05, 4.69) is 39.6 Å². The number of halogens is 1. The van der Waals surface area contributed by atoms with Gasteiger partial charge in [0.05, 0.1) is 16.1 Å². The smallest absolute Gasteiger partial charge is 0.142 e. The van der Waals surface area contributed by atoms with E-state index in [9.17, 15) is 0 Å². The second kappa shape index (κ2) is 6.81. The Balaban J connectivity index is 1.99. The molecule has 0 amide bonds. The maximum absolute atomic E-state index is 5.71. The van der Waals surface area contributed by atoms with Gasteiger partial charge < -0.3 is 10.1 Å². The topological polar surface area (TPSA) is 21.3 Å². The van der Waals surface area contributed by atoms with E-state index in [0.717, 1.165) is 34.8 Å². The number of hydrogen-bond donors (Lipinski definition) is 1. The first kappa shape index (κ1) is 13.4. The highest BCUT2D eigenvalue weighted by atomic mass is 79.9. The standard InChI is InChI=1S/C14H16BrNOS/c1-2-7-17-13-6-4-3-5-12(13)16-9-11-8-14(15)18-10-11/h3-6,8,10,16H,2,7,9H2,1H3. The summed E-state index contributed by atoms with van der Waals surface area (Å²) in [6, 6.07) is 10.2. The summed E-state index contributed by atoms with van der Waals surface area (Å²) in [5.41, 5.74) is 2.32. The summed E-state index contributed by atoms with van der Waals surface area (Å²) >= 11 is 5.18. The van der Waals surface area contributed by atoms with Crippen molar-refractivity contribution in [2.24, 2.45) is 0 Å². The fourth-order valence-corrected chi connectivity index (χ4v) is 2.80. The largest absolute Gasteiger partial charge is 0.491 e. The maximum atomic E-state index is 5.71. The zero-order valence-corrected chi connectivity index (χ0v) is 12.7. The van der Waals surface area contributed by atoms with Crippen molar-refractivity contribution in [1.82, 2.24) is 0 Å². The van der Waals surface area contributed by atoms with Gasteiger partial charge in [-0.1, -0.05) is 19.1 Å². The predicted octanol–water partition coefficient (Wildman–Crippen LogP) is 4.91. The maximum Gasteiger partial charge on any atom is 0.142 e. The van der Waals surface area contributed by atoms with Gasteiger partial charge in [0.2, 0.25) is 0 Å². The lowest BCUT2D eigenvalue weighted by molar-refractivity contribution is 0.319. The SMILES string of the molecule is CCCOc1ccccc1NCc1csc(Br)c1. The van der Waals surface area contributed by atoms with Gasteiger partial charge in [0, 0.05) is 6.54 Å². The van der Waals surface area contributed by atoms with Gasteiger partial charge >= 0.3 is 0 Å². The van der Waals surface area contributed by atoms with Crippen LogP contribution in [0.1, 0.15) is 18.9 Å². The summed E-state index contributed by atoms with van der Waals surface area (Å²) in [6.07, 6.45) is 1.02. The van der Waals surface area contributed by atoms with Crippen molar-refractivity contribution in [3.05, 3.63) is 45.1 Å². The third-order valence-electron chi connectivity index (χ3n) is 2.45. The van der Waals surface area contributed by atoms with Gasteiger partial charge in [-0.25, -0.2) is 0 Å². The summed E-state index contributed by atoms with van der Waals surface area (Å²) in [5, 5.41) is 5.56. The van der Waals surface area contributed by atoms with Crippen LogP contribution in [0.5, 0.6) is 5.75 Å². The number of benzene rings is 1. The Labute approximate surface area is 120 Å². The predicted molar refractivity (Wildman–Crippen MR) is 81.6 cm³/mol. The summed E-state index contributed by atoms with van der Waals surface area (Å²) in [6.45, 7) is 3.68. The van der Waals surface area contributed by atoms with Crippen molar-refractivity contribution >= 4 is 33.0 Å². The molecule has 2 rings (SSSR count). The van der Waals surface area contributed by atoms with Crippen LogP contribution >= 0.6 is 27.3 Å². The van der Waals surface area contributed by atoms with Crippen molar-refractivity contribution in [3.63, 3.8) is 0 Å². The van der Waals surface area contributed by atoms with E-state index in [1.54, 1.807) is 11.3 Å². The Hall–Kier alpha value is -1.00. The molecule has 2 nitrogen and oxygen atoms in total. The van der Waals surface area contributed by atoms with Gasteiger partial charge in [0.25, 0.3) is 0 Å². The van der Waals surface area contributed by atoms with Crippen LogP contribution in [0.4, 0.5) is 5.69 Å². The summed E-state index contributed by atoms with van der Waals surface area (Å²) in [4.78, 5) is 0. The average molecular weight is 326 g/mol. The van der Waals surface area contributed by atoms with Crippen LogP contribution in [0.3, 0.4) is 0 Å². The highest BCUT2D eigenvalue weighted by Crippen LogP contribution is 2.26. The number of nitrogens with one attached hydrogen (secondary N) is 1. The molecule has 18 heavy (non-hydrogen) atoms. The minimum atomic E-state index is 0.753. The molecule has 1 N–H and O–H groups in total. The molecular formula is C14H16BrNOS. The van der Waals surface area contributed by atoms with Crippen LogP contribution in [-0.4, -0.2) is 6.61 Å². The lowest BCUT2D eigenvalue weighted by atomic mass is 10.2. The molecule has 0 saturated carbocycles. The Morgan fingerprint density at radius 1 is 1.33 bits per heavy atom. The van der Waals surface area contributed by atoms with E-state index >= 15 is 0 Å². The fourth-order valence-electron chi connectivity index (χ4n) is 1.59. The molecule has 0 atom stereocenters. The van der Waals surface area contributed by atoms with Crippen molar-refractivity contribution in [1.29, 1.82) is 0 Å². The minimum Gasteiger partial charge on any atom is -0.491 e. The lowest BCUT2D eigenvalue weighted by Crippen LogP contribution is -2.02. The number of anilines is 1. The fraction of sp³-hybridized carbons (Fsp3) is 0.286. The Bertz CT molecular complexity index is 498. The second-order valence-electron chi connectivity index (χ2n) is 3.96. The zero-order chi connectivity index (χ0) is 12.8. The van der Waals surface area contributed by atoms with E-state index in [1.165, 1.54) is 5.56 Å². The molecule has 1 aromatic heterocycles. The van der Waals surface area contributed by atoms with E-state index < -0.39 is 0 Å². The van der Waals surface area contributed by atoms with Gasteiger partial charge in [-0.05, 0) is 51.5 Å². The molecule has 96 valence electrons. The van der Waals surface area contributed by atoms with Crippen LogP contribution in [-0.2, 0) is 6.54 Å². The number of rotatable bonds is 6. The third kappa shape index (κ3) is 3.75. The van der Waals surface area contributed by atoms with Crippen LogP contribution in [0, 0.1) is 0 Å². The molecule has 0 bridgehead atoms. The van der Waals surface area contributed by atoms with Crippen molar-refractivity contribution in [2.75, 3.05) is 11.9 Å². The average Bonchev–Trinajstić information content (AvgIpc) is 2.81. The molecule has 0 fully saturated rings. The molecule has 2 aromatic rings. The molecule has 1 heterocycles.